The lowest BCUT2D eigenvalue weighted by atomic mass is 9.96. The second-order valence-electron chi connectivity index (χ2n) is 11.1. The zero-order valence-electron chi connectivity index (χ0n) is 26.4. The topological polar surface area (TPSA) is 98.3 Å². The second kappa shape index (κ2) is 15.0. The van der Waals surface area contributed by atoms with E-state index in [1.807, 2.05) is 18.2 Å². The molecule has 1 atom stereocenters. The fraction of sp³-hybridized carbons (Fsp3) is 0.128. The number of nitrogens with zero attached hydrogens (tertiary/aromatic N) is 3. The Bertz CT molecular complexity index is 2010. The van der Waals surface area contributed by atoms with Crippen LogP contribution in [0.4, 0.5) is 14.0 Å². The SMILES string of the molecule is CC(C#Cc1ccc2c(c1)CCN(Cc1ccc(-c3ccc(F)cc3)cn1)C2=O)N(OC(=O)Oc1ccccc1)C(=O)Oc1ccccc1. The van der Waals surface area contributed by atoms with E-state index in [2.05, 4.69) is 16.8 Å². The minimum atomic E-state index is -1.14. The van der Waals surface area contributed by atoms with Crippen LogP contribution in [-0.2, 0) is 17.8 Å². The minimum Gasteiger partial charge on any atom is -0.408 e. The monoisotopic (exact) mass is 655 g/mol. The molecule has 1 aromatic heterocycles. The summed E-state index contributed by atoms with van der Waals surface area (Å²) in [6.07, 6.45) is 0.231. The summed E-state index contributed by atoms with van der Waals surface area (Å²) in [7, 11) is 0. The predicted octanol–water partition coefficient (Wildman–Crippen LogP) is 7.46. The van der Waals surface area contributed by atoms with Crippen molar-refractivity contribution in [3.63, 3.8) is 0 Å². The van der Waals surface area contributed by atoms with Gasteiger partial charge in [-0.05, 0) is 85.1 Å². The van der Waals surface area contributed by atoms with E-state index in [0.29, 0.717) is 35.7 Å². The summed E-state index contributed by atoms with van der Waals surface area (Å²) in [4.78, 5) is 50.6. The first kappa shape index (κ1) is 32.5. The standard InChI is InChI=1S/C39H30FN3O6/c1-27(43(38(45)47-34-8-4-2-5-9-34)49-39(46)48-35-10-6-3-7-11-35)12-13-28-14-21-36-30(24-28)22-23-42(37(36)44)26-33-20-17-31(25-41-33)29-15-18-32(40)19-16-29/h2-11,14-21,24-25,27H,22-23,26H2,1H3. The molecule has 2 heterocycles. The third kappa shape index (κ3) is 8.28. The molecule has 0 aliphatic carbocycles. The molecular formula is C39H30FN3O6. The van der Waals surface area contributed by atoms with Gasteiger partial charge in [0.15, 0.2) is 0 Å². The molecule has 0 bridgehead atoms. The number of fused-ring (bicyclic) bond motifs is 1. The zero-order valence-corrected chi connectivity index (χ0v) is 26.4. The van der Waals surface area contributed by atoms with Crippen molar-refractivity contribution in [2.24, 2.45) is 0 Å². The summed E-state index contributed by atoms with van der Waals surface area (Å²) in [6.45, 7) is 2.43. The molecule has 0 saturated carbocycles. The van der Waals surface area contributed by atoms with Crippen molar-refractivity contribution in [1.82, 2.24) is 14.9 Å². The van der Waals surface area contributed by atoms with E-state index in [0.717, 1.165) is 22.4 Å². The van der Waals surface area contributed by atoms with Crippen LogP contribution in [0.25, 0.3) is 11.1 Å². The van der Waals surface area contributed by atoms with E-state index < -0.39 is 18.3 Å². The molecule has 1 aliphatic heterocycles. The summed E-state index contributed by atoms with van der Waals surface area (Å²) in [5.74, 6) is 6.03. The second-order valence-corrected chi connectivity index (χ2v) is 11.1. The maximum atomic E-state index is 13.4. The van der Waals surface area contributed by atoms with Crippen LogP contribution in [0.15, 0.2) is 121 Å². The zero-order chi connectivity index (χ0) is 34.2. The van der Waals surface area contributed by atoms with Gasteiger partial charge in [-0.1, -0.05) is 66.4 Å². The molecule has 2 amide bonds. The first-order valence-electron chi connectivity index (χ1n) is 15.5. The lowest BCUT2D eigenvalue weighted by Crippen LogP contribution is -2.42. The van der Waals surface area contributed by atoms with Gasteiger partial charge in [-0.2, -0.15) is 0 Å². The summed E-state index contributed by atoms with van der Waals surface area (Å²) in [6, 6.07) is 31.0. The fourth-order valence-electron chi connectivity index (χ4n) is 5.13. The van der Waals surface area contributed by atoms with Gasteiger partial charge >= 0.3 is 12.2 Å². The quantitative estimate of drug-likeness (QED) is 0.0811. The van der Waals surface area contributed by atoms with E-state index in [9.17, 15) is 18.8 Å². The van der Waals surface area contributed by atoms with Gasteiger partial charge < -0.3 is 14.4 Å². The van der Waals surface area contributed by atoms with Crippen molar-refractivity contribution >= 4 is 18.2 Å². The third-order valence-corrected chi connectivity index (χ3v) is 7.65. The van der Waals surface area contributed by atoms with Gasteiger partial charge in [-0.15, -0.1) is 5.06 Å². The molecule has 10 heteroatoms. The average molecular weight is 656 g/mol. The number of hydrogen-bond acceptors (Lipinski definition) is 7. The lowest BCUT2D eigenvalue weighted by molar-refractivity contribution is -0.100. The first-order valence-corrected chi connectivity index (χ1v) is 15.5. The fourth-order valence-corrected chi connectivity index (χ4v) is 5.13. The van der Waals surface area contributed by atoms with E-state index in [1.165, 1.54) is 12.1 Å². The molecule has 1 unspecified atom stereocenters. The Labute approximate surface area is 282 Å². The van der Waals surface area contributed by atoms with Gasteiger partial charge in [0.1, 0.15) is 23.4 Å². The van der Waals surface area contributed by atoms with Crippen molar-refractivity contribution in [2.45, 2.75) is 25.9 Å². The maximum absolute atomic E-state index is 13.4. The Morgan fingerprint density at radius 3 is 2.22 bits per heavy atom. The molecule has 0 spiro atoms. The minimum absolute atomic E-state index is 0.112. The van der Waals surface area contributed by atoms with Gasteiger partial charge in [0.25, 0.3) is 5.91 Å². The van der Waals surface area contributed by atoms with Gasteiger partial charge in [-0.3, -0.25) is 14.6 Å². The average Bonchev–Trinajstić information content (AvgIpc) is 3.12. The first-order chi connectivity index (χ1) is 23.8. The molecule has 0 radical (unpaired) electrons. The molecule has 0 fully saturated rings. The van der Waals surface area contributed by atoms with Crippen molar-refractivity contribution in [3.05, 3.63) is 150 Å². The summed E-state index contributed by atoms with van der Waals surface area (Å²) < 4.78 is 23.9. The maximum Gasteiger partial charge on any atom is 0.539 e. The Morgan fingerprint density at radius 2 is 1.55 bits per heavy atom. The highest BCUT2D eigenvalue weighted by Gasteiger charge is 2.28. The molecule has 6 rings (SSSR count). The number of pyridine rings is 1. The summed E-state index contributed by atoms with van der Waals surface area (Å²) in [5.41, 5.74) is 4.50. The largest absolute Gasteiger partial charge is 0.539 e. The van der Waals surface area contributed by atoms with Crippen LogP contribution in [0.1, 0.15) is 34.1 Å². The molecule has 49 heavy (non-hydrogen) atoms. The highest BCUT2D eigenvalue weighted by molar-refractivity contribution is 5.97. The number of halogens is 1. The number of hydrogen-bond donors (Lipinski definition) is 0. The number of carbonyl (C=O) groups is 3. The summed E-state index contributed by atoms with van der Waals surface area (Å²) in [5, 5.41) is 0.714. The molecule has 0 N–H and O–H groups in total. The Morgan fingerprint density at radius 1 is 0.878 bits per heavy atom. The molecule has 5 aromatic rings. The highest BCUT2D eigenvalue weighted by Crippen LogP contribution is 2.24. The number of aromatic nitrogens is 1. The molecule has 4 aromatic carbocycles. The smallest absolute Gasteiger partial charge is 0.408 e. The molecule has 9 nitrogen and oxygen atoms in total. The van der Waals surface area contributed by atoms with E-state index in [-0.39, 0.29) is 23.2 Å². The Kier molecular flexibility index (Phi) is 9.91. The highest BCUT2D eigenvalue weighted by atomic mass is 19.1. The molecule has 244 valence electrons. The normalized spacial score (nSPS) is 12.5. The molecule has 1 aliphatic rings. The number of hydroxylamine groups is 2. The lowest BCUT2D eigenvalue weighted by Gasteiger charge is -2.28. The third-order valence-electron chi connectivity index (χ3n) is 7.65. The van der Waals surface area contributed by atoms with Crippen LogP contribution in [0.2, 0.25) is 0 Å². The van der Waals surface area contributed by atoms with Crippen LogP contribution in [0, 0.1) is 17.7 Å². The van der Waals surface area contributed by atoms with Crippen LogP contribution >= 0.6 is 0 Å². The number of carbonyl (C=O) groups excluding carboxylic acids is 3. The Hall–Kier alpha value is -6.47. The molecular weight excluding hydrogens is 625 g/mol. The predicted molar refractivity (Wildman–Crippen MR) is 179 cm³/mol. The summed E-state index contributed by atoms with van der Waals surface area (Å²) >= 11 is 0. The number of rotatable bonds is 6. The molecule has 0 saturated heterocycles. The number of amides is 2. The van der Waals surface area contributed by atoms with Crippen molar-refractivity contribution in [1.29, 1.82) is 0 Å². The van der Waals surface area contributed by atoms with Gasteiger partial charge in [0.05, 0.1) is 12.2 Å². The van der Waals surface area contributed by atoms with E-state index in [4.69, 9.17) is 14.3 Å². The van der Waals surface area contributed by atoms with Crippen LogP contribution < -0.4 is 9.47 Å². The van der Waals surface area contributed by atoms with E-state index >= 15 is 0 Å². The van der Waals surface area contributed by atoms with Crippen molar-refractivity contribution in [3.8, 4) is 34.5 Å². The van der Waals surface area contributed by atoms with Crippen LogP contribution in [0.5, 0.6) is 11.5 Å². The number of para-hydroxylation sites is 2. The van der Waals surface area contributed by atoms with Gasteiger partial charge in [0, 0.05) is 29.4 Å². The van der Waals surface area contributed by atoms with Crippen LogP contribution in [-0.4, -0.2) is 45.7 Å². The van der Waals surface area contributed by atoms with Crippen molar-refractivity contribution in [2.75, 3.05) is 6.54 Å². The van der Waals surface area contributed by atoms with Crippen LogP contribution in [0.3, 0.4) is 0 Å². The van der Waals surface area contributed by atoms with Crippen molar-refractivity contribution < 1.29 is 33.1 Å². The Balaban J connectivity index is 1.12. The van der Waals surface area contributed by atoms with Gasteiger partial charge in [-0.25, -0.2) is 14.0 Å². The van der Waals surface area contributed by atoms with Gasteiger partial charge in [0.2, 0.25) is 0 Å². The van der Waals surface area contributed by atoms with E-state index in [1.54, 1.807) is 103 Å². The number of ether oxygens (including phenoxy) is 2. The number of benzene rings is 4.